The van der Waals surface area contributed by atoms with Crippen LogP contribution < -0.4 is 5.32 Å². The summed E-state index contributed by atoms with van der Waals surface area (Å²) >= 11 is 0. The Balaban J connectivity index is 1.61. The fraction of sp³-hybridized carbons (Fsp3) is 0.875. The third-order valence-electron chi connectivity index (χ3n) is 6.05. The van der Waals surface area contributed by atoms with Crippen LogP contribution in [0.2, 0.25) is 0 Å². The number of carboxylic acids is 1. The molecular weight excluding hydrogens is 284 g/mol. The van der Waals surface area contributed by atoms with Crippen molar-refractivity contribution in [2.45, 2.75) is 51.0 Å². The molecule has 0 spiro atoms. The van der Waals surface area contributed by atoms with Gasteiger partial charge in [-0.05, 0) is 43.9 Å². The van der Waals surface area contributed by atoms with Gasteiger partial charge in [-0.25, -0.2) is 4.79 Å². The highest BCUT2D eigenvalue weighted by molar-refractivity contribution is 5.80. The number of nitrogens with one attached hydrogen (secondary N) is 1. The smallest absolute Gasteiger partial charge is 0.317 e. The predicted molar refractivity (Wildman–Crippen MR) is 80.3 cm³/mol. The second kappa shape index (κ2) is 6.07. The van der Waals surface area contributed by atoms with Gasteiger partial charge in [0.15, 0.2) is 0 Å². The number of hydrogen-bond donors (Lipinski definition) is 3. The number of aliphatic carboxylic acids is 1. The highest BCUT2D eigenvalue weighted by Gasteiger charge is 2.56. The molecule has 124 valence electrons. The molecule has 3 aliphatic rings. The summed E-state index contributed by atoms with van der Waals surface area (Å²) < 4.78 is 0. The van der Waals surface area contributed by atoms with E-state index in [4.69, 9.17) is 5.11 Å². The van der Waals surface area contributed by atoms with Gasteiger partial charge in [0.25, 0.3) is 0 Å². The van der Waals surface area contributed by atoms with Crippen molar-refractivity contribution in [3.05, 3.63) is 0 Å². The minimum absolute atomic E-state index is 0.104. The van der Waals surface area contributed by atoms with E-state index in [0.717, 1.165) is 38.5 Å². The van der Waals surface area contributed by atoms with E-state index in [1.165, 1.54) is 0 Å². The molecular formula is C16H26N2O4. The molecule has 1 heterocycles. The lowest BCUT2D eigenvalue weighted by molar-refractivity contribution is -0.149. The largest absolute Gasteiger partial charge is 0.481 e. The standard InChI is InChI=1S/C16H26N2O4/c19-8-6-11-3-1-5-13(11)17-15(22)18-9-12-4-2-7-16(12,10-18)14(20)21/h11-13,19H,1-10H2,(H,17,22)(H,20,21)/t11?,12-,13?,16+/m0/s1. The molecule has 0 aromatic rings. The highest BCUT2D eigenvalue weighted by atomic mass is 16.4. The molecule has 0 bridgehead atoms. The van der Waals surface area contributed by atoms with E-state index in [9.17, 15) is 14.7 Å². The summed E-state index contributed by atoms with van der Waals surface area (Å²) in [5, 5.41) is 21.8. The third kappa shape index (κ3) is 2.57. The van der Waals surface area contributed by atoms with Crippen molar-refractivity contribution in [3.8, 4) is 0 Å². The van der Waals surface area contributed by atoms with Gasteiger partial charge in [0.2, 0.25) is 0 Å². The van der Waals surface area contributed by atoms with E-state index in [-0.39, 0.29) is 24.6 Å². The molecule has 0 aromatic carbocycles. The molecule has 6 nitrogen and oxygen atoms in total. The number of rotatable bonds is 4. The van der Waals surface area contributed by atoms with Crippen molar-refractivity contribution in [1.82, 2.24) is 10.2 Å². The van der Waals surface area contributed by atoms with Crippen molar-refractivity contribution in [1.29, 1.82) is 0 Å². The van der Waals surface area contributed by atoms with Gasteiger partial charge in [0, 0.05) is 25.7 Å². The number of aliphatic hydroxyl groups is 1. The minimum atomic E-state index is -0.746. The van der Waals surface area contributed by atoms with Gasteiger partial charge in [-0.1, -0.05) is 12.8 Å². The van der Waals surface area contributed by atoms with E-state index in [2.05, 4.69) is 5.32 Å². The number of carboxylic acid groups (broad SMARTS) is 1. The zero-order valence-electron chi connectivity index (χ0n) is 13.0. The molecule has 3 rings (SSSR count). The lowest BCUT2D eigenvalue weighted by Crippen LogP contribution is -2.46. The maximum atomic E-state index is 12.5. The fourth-order valence-corrected chi connectivity index (χ4v) is 4.78. The number of nitrogens with zero attached hydrogens (tertiary/aromatic N) is 1. The van der Waals surface area contributed by atoms with Gasteiger partial charge in [-0.3, -0.25) is 4.79 Å². The van der Waals surface area contributed by atoms with Gasteiger partial charge >= 0.3 is 12.0 Å². The zero-order valence-corrected chi connectivity index (χ0v) is 13.0. The Morgan fingerprint density at radius 3 is 2.73 bits per heavy atom. The van der Waals surface area contributed by atoms with Gasteiger partial charge in [0.1, 0.15) is 0 Å². The highest BCUT2D eigenvalue weighted by Crippen LogP contribution is 2.48. The van der Waals surface area contributed by atoms with E-state index >= 15 is 0 Å². The Bertz CT molecular complexity index is 455. The van der Waals surface area contributed by atoms with Crippen molar-refractivity contribution in [3.63, 3.8) is 0 Å². The number of carbonyl (C=O) groups excluding carboxylic acids is 1. The summed E-state index contributed by atoms with van der Waals surface area (Å²) in [6.07, 6.45) is 6.36. The van der Waals surface area contributed by atoms with E-state index in [0.29, 0.717) is 25.4 Å². The predicted octanol–water partition coefficient (Wildman–Crippen LogP) is 1.43. The molecule has 22 heavy (non-hydrogen) atoms. The first-order chi connectivity index (χ1) is 10.6. The molecule has 1 saturated heterocycles. The molecule has 4 atom stereocenters. The van der Waals surface area contributed by atoms with Crippen LogP contribution in [-0.2, 0) is 4.79 Å². The second-order valence-corrected chi connectivity index (χ2v) is 7.19. The lowest BCUT2D eigenvalue weighted by Gasteiger charge is -2.26. The molecule has 2 unspecified atom stereocenters. The Labute approximate surface area is 130 Å². The second-order valence-electron chi connectivity index (χ2n) is 7.19. The number of aliphatic hydroxyl groups excluding tert-OH is 1. The number of urea groups is 1. The van der Waals surface area contributed by atoms with Crippen LogP contribution in [0.5, 0.6) is 0 Å². The average molecular weight is 310 g/mol. The number of carbonyl (C=O) groups is 2. The summed E-state index contributed by atoms with van der Waals surface area (Å²) in [5.74, 6) is -0.290. The number of likely N-dealkylation sites (tertiary alicyclic amines) is 1. The summed E-state index contributed by atoms with van der Waals surface area (Å²) in [6, 6.07) is 0.00531. The van der Waals surface area contributed by atoms with E-state index in [1.807, 2.05) is 0 Å². The Morgan fingerprint density at radius 2 is 2.05 bits per heavy atom. The normalized spacial score (nSPS) is 37.3. The van der Waals surface area contributed by atoms with Crippen LogP contribution in [0.15, 0.2) is 0 Å². The van der Waals surface area contributed by atoms with Crippen LogP contribution in [0.3, 0.4) is 0 Å². The third-order valence-corrected chi connectivity index (χ3v) is 6.05. The Hall–Kier alpha value is -1.30. The summed E-state index contributed by atoms with van der Waals surface area (Å²) in [6.45, 7) is 1.07. The molecule has 3 fully saturated rings. The molecule has 6 heteroatoms. The van der Waals surface area contributed by atoms with Crippen LogP contribution >= 0.6 is 0 Å². The molecule has 2 saturated carbocycles. The van der Waals surface area contributed by atoms with Gasteiger partial charge < -0.3 is 20.4 Å². The minimum Gasteiger partial charge on any atom is -0.481 e. The maximum absolute atomic E-state index is 12.5. The first-order valence-electron chi connectivity index (χ1n) is 8.46. The van der Waals surface area contributed by atoms with Crippen LogP contribution in [0.4, 0.5) is 4.79 Å². The topological polar surface area (TPSA) is 89.9 Å². The van der Waals surface area contributed by atoms with Crippen molar-refractivity contribution in [2.75, 3.05) is 19.7 Å². The van der Waals surface area contributed by atoms with Crippen LogP contribution in [0, 0.1) is 17.3 Å². The lowest BCUT2D eigenvalue weighted by atomic mass is 9.81. The molecule has 1 aliphatic heterocycles. The quantitative estimate of drug-likeness (QED) is 0.733. The van der Waals surface area contributed by atoms with Crippen LogP contribution in [0.1, 0.15) is 44.9 Å². The van der Waals surface area contributed by atoms with Gasteiger partial charge in [-0.2, -0.15) is 0 Å². The Morgan fingerprint density at radius 1 is 1.23 bits per heavy atom. The first-order valence-corrected chi connectivity index (χ1v) is 8.46. The molecule has 2 amide bonds. The monoisotopic (exact) mass is 310 g/mol. The fourth-order valence-electron chi connectivity index (χ4n) is 4.78. The van der Waals surface area contributed by atoms with Gasteiger partial charge in [-0.15, -0.1) is 0 Å². The van der Waals surface area contributed by atoms with Crippen molar-refractivity contribution >= 4 is 12.0 Å². The molecule has 0 radical (unpaired) electrons. The number of fused-ring (bicyclic) bond motifs is 1. The van der Waals surface area contributed by atoms with Crippen molar-refractivity contribution < 1.29 is 19.8 Å². The van der Waals surface area contributed by atoms with E-state index < -0.39 is 11.4 Å². The summed E-state index contributed by atoms with van der Waals surface area (Å²) in [4.78, 5) is 25.9. The number of amides is 2. The summed E-state index contributed by atoms with van der Waals surface area (Å²) in [7, 11) is 0. The first kappa shape index (κ1) is 15.6. The van der Waals surface area contributed by atoms with Crippen LogP contribution in [-0.4, -0.2) is 52.9 Å². The average Bonchev–Trinajstić information content (AvgIpc) is 3.13. The van der Waals surface area contributed by atoms with Crippen LogP contribution in [0.25, 0.3) is 0 Å². The van der Waals surface area contributed by atoms with E-state index in [1.54, 1.807) is 4.90 Å². The van der Waals surface area contributed by atoms with Gasteiger partial charge in [0.05, 0.1) is 5.41 Å². The molecule has 0 aromatic heterocycles. The zero-order chi connectivity index (χ0) is 15.7. The SMILES string of the molecule is O=C(NC1CCCC1CCO)N1C[C@@H]2CCC[C@@]2(C(=O)O)C1. The molecule has 3 N–H and O–H groups in total. The molecule has 2 aliphatic carbocycles. The number of hydrogen-bond acceptors (Lipinski definition) is 3. The summed E-state index contributed by atoms with van der Waals surface area (Å²) in [5.41, 5.74) is -0.711. The maximum Gasteiger partial charge on any atom is 0.317 e. The van der Waals surface area contributed by atoms with Crippen molar-refractivity contribution in [2.24, 2.45) is 17.3 Å². The Kier molecular flexibility index (Phi) is 4.30.